The second-order valence-electron chi connectivity index (χ2n) is 5.82. The van der Waals surface area contributed by atoms with E-state index in [9.17, 15) is 8.42 Å². The monoisotopic (exact) mass is 396 g/mol. The number of hydrogen-bond donors (Lipinski definition) is 1. The van der Waals surface area contributed by atoms with Gasteiger partial charge in [-0.05, 0) is 48.0 Å². The third-order valence-electron chi connectivity index (χ3n) is 4.05. The minimum Gasteiger partial charge on any atom is -0.497 e. The van der Waals surface area contributed by atoms with Crippen LogP contribution in [-0.2, 0) is 10.0 Å². The fraction of sp³-hybridized carbons (Fsp3) is 0.0952. The smallest absolute Gasteiger partial charge is 0.262 e. The van der Waals surface area contributed by atoms with Crippen LogP contribution in [0.25, 0.3) is 12.2 Å². The van der Waals surface area contributed by atoms with Crippen LogP contribution in [0.1, 0.15) is 11.1 Å². The van der Waals surface area contributed by atoms with Gasteiger partial charge in [0.2, 0.25) is 0 Å². The maximum absolute atomic E-state index is 12.9. The first-order valence-electron chi connectivity index (χ1n) is 8.45. The van der Waals surface area contributed by atoms with Crippen LogP contribution in [0.4, 0.5) is 5.69 Å². The molecule has 0 unspecified atom stereocenters. The van der Waals surface area contributed by atoms with Gasteiger partial charge in [0.25, 0.3) is 10.0 Å². The van der Waals surface area contributed by atoms with Crippen LogP contribution in [0.3, 0.4) is 0 Å². The van der Waals surface area contributed by atoms with E-state index in [0.717, 1.165) is 5.56 Å². The summed E-state index contributed by atoms with van der Waals surface area (Å²) in [5.74, 6) is 1.01. The molecule has 1 N–H and O–H groups in total. The summed E-state index contributed by atoms with van der Waals surface area (Å²) in [4.78, 5) is 4.11. The van der Waals surface area contributed by atoms with Gasteiger partial charge in [-0.15, -0.1) is 0 Å². The first-order valence-corrected chi connectivity index (χ1v) is 9.94. The Morgan fingerprint density at radius 2 is 1.61 bits per heavy atom. The summed E-state index contributed by atoms with van der Waals surface area (Å²) in [7, 11) is -0.783. The van der Waals surface area contributed by atoms with Gasteiger partial charge in [0.15, 0.2) is 0 Å². The molecule has 6 nitrogen and oxygen atoms in total. The van der Waals surface area contributed by atoms with Crippen LogP contribution < -0.4 is 14.2 Å². The Balaban J connectivity index is 1.96. The number of methoxy groups -OCH3 is 2. The van der Waals surface area contributed by atoms with Crippen LogP contribution in [0.15, 0.2) is 71.9 Å². The first-order chi connectivity index (χ1) is 13.5. The topological polar surface area (TPSA) is 77.5 Å². The Bertz CT molecular complexity index is 1060. The maximum Gasteiger partial charge on any atom is 0.262 e. The second kappa shape index (κ2) is 8.58. The van der Waals surface area contributed by atoms with E-state index in [1.165, 1.54) is 26.4 Å². The third-order valence-corrected chi connectivity index (χ3v) is 5.41. The van der Waals surface area contributed by atoms with Crippen LogP contribution in [0.5, 0.6) is 11.5 Å². The highest BCUT2D eigenvalue weighted by atomic mass is 32.2. The highest BCUT2D eigenvalue weighted by Crippen LogP contribution is 2.32. The first kappa shape index (κ1) is 19.4. The van der Waals surface area contributed by atoms with Gasteiger partial charge in [-0.3, -0.25) is 9.71 Å². The van der Waals surface area contributed by atoms with Gasteiger partial charge in [0.05, 0.1) is 24.8 Å². The molecule has 1 aromatic heterocycles. The average Bonchev–Trinajstić information content (AvgIpc) is 2.73. The molecule has 0 spiro atoms. The minimum absolute atomic E-state index is 0.128. The zero-order valence-electron chi connectivity index (χ0n) is 15.5. The zero-order chi connectivity index (χ0) is 20.0. The quantitative estimate of drug-likeness (QED) is 0.651. The molecule has 0 saturated heterocycles. The van der Waals surface area contributed by atoms with Gasteiger partial charge in [-0.2, -0.15) is 0 Å². The number of pyridine rings is 1. The van der Waals surface area contributed by atoms with Crippen molar-refractivity contribution < 1.29 is 17.9 Å². The number of benzene rings is 2. The van der Waals surface area contributed by atoms with Gasteiger partial charge in [0.1, 0.15) is 11.5 Å². The number of rotatable bonds is 7. The van der Waals surface area contributed by atoms with Crippen molar-refractivity contribution in [2.45, 2.75) is 4.90 Å². The summed E-state index contributed by atoms with van der Waals surface area (Å²) >= 11 is 0. The Kier molecular flexibility index (Phi) is 5.96. The second-order valence-corrected chi connectivity index (χ2v) is 7.50. The lowest BCUT2D eigenvalue weighted by molar-refractivity contribution is 0.414. The fourth-order valence-corrected chi connectivity index (χ4v) is 3.67. The lowest BCUT2D eigenvalue weighted by atomic mass is 10.1. The van der Waals surface area contributed by atoms with Gasteiger partial charge >= 0.3 is 0 Å². The van der Waals surface area contributed by atoms with E-state index in [1.54, 1.807) is 36.7 Å². The predicted molar refractivity (Wildman–Crippen MR) is 110 cm³/mol. The van der Waals surface area contributed by atoms with E-state index >= 15 is 0 Å². The lowest BCUT2D eigenvalue weighted by Gasteiger charge is -2.15. The number of ether oxygens (including phenoxy) is 2. The number of anilines is 1. The Hall–Kier alpha value is -3.32. The van der Waals surface area contributed by atoms with Crippen molar-refractivity contribution in [3.05, 3.63) is 78.1 Å². The molecular weight excluding hydrogens is 376 g/mol. The standard InChI is InChI=1S/C21H20N2O4S/c1-26-18-8-10-19(11-9-18)28(24,25)23-21-17(4-3-5-20(21)27-2)7-6-16-12-14-22-15-13-16/h3-15,23H,1-2H3. The molecule has 0 aliphatic carbocycles. The molecule has 0 atom stereocenters. The molecule has 7 heteroatoms. The van der Waals surface area contributed by atoms with Crippen molar-refractivity contribution in [3.8, 4) is 11.5 Å². The summed E-state index contributed by atoms with van der Waals surface area (Å²) in [6, 6.07) is 15.2. The van der Waals surface area contributed by atoms with Crippen LogP contribution in [0.2, 0.25) is 0 Å². The van der Waals surface area contributed by atoms with Crippen molar-refractivity contribution in [2.75, 3.05) is 18.9 Å². The molecule has 0 saturated carbocycles. The SMILES string of the molecule is COc1ccc(S(=O)(=O)Nc2c(C=Cc3ccncc3)cccc2OC)cc1. The Morgan fingerprint density at radius 3 is 2.25 bits per heavy atom. The highest BCUT2D eigenvalue weighted by molar-refractivity contribution is 7.92. The Labute approximate surface area is 164 Å². The van der Waals surface area contributed by atoms with Crippen LogP contribution >= 0.6 is 0 Å². The molecule has 0 amide bonds. The normalized spacial score (nSPS) is 11.4. The predicted octanol–water partition coefficient (Wildman–Crippen LogP) is 4.07. The van der Waals surface area contributed by atoms with E-state index in [0.29, 0.717) is 22.7 Å². The zero-order valence-corrected chi connectivity index (χ0v) is 16.3. The molecule has 0 radical (unpaired) electrons. The summed E-state index contributed by atoms with van der Waals surface area (Å²) in [6.45, 7) is 0. The molecule has 3 rings (SSSR count). The number of sulfonamides is 1. The van der Waals surface area contributed by atoms with Crippen molar-refractivity contribution in [3.63, 3.8) is 0 Å². The summed E-state index contributed by atoms with van der Waals surface area (Å²) in [5.41, 5.74) is 1.99. The number of aromatic nitrogens is 1. The Morgan fingerprint density at radius 1 is 0.893 bits per heavy atom. The number of para-hydroxylation sites is 1. The van der Waals surface area contributed by atoms with Crippen molar-refractivity contribution in [1.82, 2.24) is 4.98 Å². The number of hydrogen-bond acceptors (Lipinski definition) is 5. The van der Waals surface area contributed by atoms with Crippen molar-refractivity contribution >= 4 is 27.9 Å². The molecule has 0 fully saturated rings. The molecule has 0 bridgehead atoms. The van der Waals surface area contributed by atoms with E-state index in [1.807, 2.05) is 30.4 Å². The van der Waals surface area contributed by atoms with Crippen molar-refractivity contribution in [2.24, 2.45) is 0 Å². The lowest BCUT2D eigenvalue weighted by Crippen LogP contribution is -2.14. The minimum atomic E-state index is -3.81. The van der Waals surface area contributed by atoms with Gasteiger partial charge in [-0.1, -0.05) is 24.3 Å². The van der Waals surface area contributed by atoms with E-state index in [-0.39, 0.29) is 4.90 Å². The molecule has 144 valence electrons. The molecule has 3 aromatic rings. The molecule has 0 aliphatic rings. The van der Waals surface area contributed by atoms with E-state index in [2.05, 4.69) is 9.71 Å². The number of nitrogens with zero attached hydrogens (tertiary/aromatic N) is 1. The summed E-state index contributed by atoms with van der Waals surface area (Å²) in [5, 5.41) is 0. The maximum atomic E-state index is 12.9. The highest BCUT2D eigenvalue weighted by Gasteiger charge is 2.18. The largest absolute Gasteiger partial charge is 0.497 e. The van der Waals surface area contributed by atoms with E-state index < -0.39 is 10.0 Å². The fourth-order valence-electron chi connectivity index (χ4n) is 2.58. The molecule has 1 heterocycles. The summed E-state index contributed by atoms with van der Waals surface area (Å²) < 4.78 is 38.8. The molecule has 2 aromatic carbocycles. The van der Waals surface area contributed by atoms with Crippen LogP contribution in [0, 0.1) is 0 Å². The van der Waals surface area contributed by atoms with Crippen LogP contribution in [-0.4, -0.2) is 27.6 Å². The van der Waals surface area contributed by atoms with Gasteiger partial charge < -0.3 is 9.47 Å². The average molecular weight is 396 g/mol. The molecular formula is C21H20N2O4S. The third kappa shape index (κ3) is 4.50. The van der Waals surface area contributed by atoms with Crippen molar-refractivity contribution in [1.29, 1.82) is 0 Å². The molecule has 28 heavy (non-hydrogen) atoms. The summed E-state index contributed by atoms with van der Waals surface area (Å²) in [6.07, 6.45) is 7.09. The molecule has 0 aliphatic heterocycles. The van der Waals surface area contributed by atoms with Gasteiger partial charge in [-0.25, -0.2) is 8.42 Å². The van der Waals surface area contributed by atoms with Gasteiger partial charge in [0, 0.05) is 18.0 Å². The number of nitrogens with one attached hydrogen (secondary N) is 1. The van der Waals surface area contributed by atoms with E-state index in [4.69, 9.17) is 9.47 Å².